The van der Waals surface area contributed by atoms with E-state index in [0.717, 1.165) is 119 Å². The largest absolute Gasteiger partial charge is 0.199 e. The molecule has 2 unspecified atom stereocenters. The van der Waals surface area contributed by atoms with Crippen LogP contribution in [-0.2, 0) is 37.9 Å². The number of hydrogen-bond donors (Lipinski definition) is 0. The molecule has 4 heterocycles. The summed E-state index contributed by atoms with van der Waals surface area (Å²) >= 11 is 12.9. The number of aryl methyl sites for hydroxylation is 2. The second-order valence-electron chi connectivity index (χ2n) is 26.3. The zero-order chi connectivity index (χ0) is 76.8. The molecular weight excluding hydrogens is 1690 g/mol. The molecule has 0 aliphatic carbocycles. The number of rotatable bonds is 12. The Morgan fingerprint density at radius 2 is 0.618 bits per heavy atom. The maximum absolute atomic E-state index is 13.0. The summed E-state index contributed by atoms with van der Waals surface area (Å²) in [5, 5.41) is 8.39. The average Bonchev–Trinajstić information content (AvgIpc) is 1.43. The first-order valence-corrected chi connectivity index (χ1v) is 44.3. The molecule has 0 amide bonds. The van der Waals surface area contributed by atoms with Gasteiger partial charge in [-0.3, -0.25) is 0 Å². The standard InChI is InChI=1S/C27H27NO3.C25H21Br2NO3.2C18H15P.C7H7.CH4.BrH.Pd/c1-6-28(7-2)23-15-14-22-25(18(23)5)30-24-17(4)16(3)12-13-21(24)27(22)20-11-9-8-10-19(20)26(29)31-27;1-4-28(5-2)19-13-12-18-23(21(19)27)30-22-17(11-10-14(3)20(22)26)25(18)16-9-7-6-8-15(16)24(29)31-25;2*1-4-10-16(11-5-1)19(17-12-6-2-7-13-17)18-14-8-3-9-15-18;1-7-5-3-2-4-6-7;;;/h8-15H,6-7H2,1-5H3;6-13H,4-5H2,1-3H3;2*1-15H;2-6H,1H2;1H4;1H;/q;;;;-1;;;+2/p-1. The minimum Gasteiger partial charge on any atom is -0.199 e. The second-order valence-corrected chi connectivity index (χ2v) is 32.3. The van der Waals surface area contributed by atoms with E-state index < -0.39 is 27.0 Å². The number of esters is 2. The maximum Gasteiger partial charge on any atom is -0.0134 e. The van der Waals surface area contributed by atoms with Crippen LogP contribution in [0.25, 0.3) is 0 Å². The molecule has 560 valence electrons. The minimum atomic E-state index is -1.06. The van der Waals surface area contributed by atoms with Gasteiger partial charge in [0.15, 0.2) is 17.0 Å². The number of hydrogen-bond acceptors (Lipinski definition) is 8. The van der Waals surface area contributed by atoms with Gasteiger partial charge in [0.2, 0.25) is 0 Å². The fourth-order valence-electron chi connectivity index (χ4n) is 14.5. The summed E-state index contributed by atoms with van der Waals surface area (Å²) in [6.45, 7) is 24.1. The van der Waals surface area contributed by atoms with Gasteiger partial charge in [-0.25, -0.2) is 9.59 Å². The van der Waals surface area contributed by atoms with Gasteiger partial charge >= 0.3 is 42.6 Å². The van der Waals surface area contributed by atoms with Crippen molar-refractivity contribution in [1.82, 2.24) is 0 Å². The fraction of sp³-hybridized carbons (Fsp3) is 0.156. The third kappa shape index (κ3) is 16.6. The van der Waals surface area contributed by atoms with Crippen molar-refractivity contribution >= 4 is 116 Å². The first-order valence-electron chi connectivity index (χ1n) is 36.4. The normalized spacial score (nSPS) is 14.5. The Labute approximate surface area is 686 Å². The molecule has 0 N–H and O–H groups in total. The molecule has 13 aromatic carbocycles. The molecule has 0 fully saturated rings. The van der Waals surface area contributed by atoms with Crippen LogP contribution in [0.3, 0.4) is 0 Å². The maximum atomic E-state index is 13.0. The topological polar surface area (TPSA) is 77.5 Å². The molecule has 0 aromatic heterocycles. The summed E-state index contributed by atoms with van der Waals surface area (Å²) in [7, 11) is -0.892. The van der Waals surface area contributed by atoms with Gasteiger partial charge in [-0.05, 0) is 188 Å². The van der Waals surface area contributed by atoms with Crippen LogP contribution in [0.5, 0.6) is 23.0 Å². The van der Waals surface area contributed by atoms with Gasteiger partial charge in [0.05, 0.1) is 25.8 Å². The molecule has 4 aliphatic heterocycles. The molecule has 0 bridgehead atoms. The van der Waals surface area contributed by atoms with Crippen LogP contribution in [0.2, 0.25) is 0 Å². The number of carbonyl (C=O) groups excluding carboxylic acids is 2. The van der Waals surface area contributed by atoms with Crippen LogP contribution < -0.4 is 51.1 Å². The van der Waals surface area contributed by atoms with E-state index in [1.54, 1.807) is 0 Å². The van der Waals surface area contributed by atoms with Gasteiger partial charge < -0.3 is 28.7 Å². The summed E-state index contributed by atoms with van der Waals surface area (Å²) in [6, 6.07) is 106. The van der Waals surface area contributed by atoms with E-state index in [0.29, 0.717) is 22.6 Å². The Bertz CT molecular complexity index is 4780. The van der Waals surface area contributed by atoms with Crippen molar-refractivity contribution in [3.63, 3.8) is 0 Å². The number of anilines is 2. The van der Waals surface area contributed by atoms with Gasteiger partial charge in [-0.1, -0.05) is 256 Å². The van der Waals surface area contributed by atoms with Crippen molar-refractivity contribution in [2.45, 2.75) is 74.0 Å². The number of carbonyl (C=O) groups is 2. The predicted octanol–water partition coefficient (Wildman–Crippen LogP) is 23.2. The molecule has 13 aromatic rings. The molecule has 2 spiro atoms. The first-order chi connectivity index (χ1) is 53.2. The van der Waals surface area contributed by atoms with Crippen molar-refractivity contribution in [2.75, 3.05) is 36.0 Å². The van der Waals surface area contributed by atoms with Crippen molar-refractivity contribution in [2.24, 2.45) is 0 Å². The van der Waals surface area contributed by atoms with Crippen molar-refractivity contribution in [3.05, 3.63) is 398 Å². The zero-order valence-corrected chi connectivity index (χ0v) is 70.3. The Balaban J connectivity index is 0.000000142. The van der Waals surface area contributed by atoms with E-state index >= 15 is 0 Å². The quantitative estimate of drug-likeness (QED) is 0.0518. The number of halogens is 3. The summed E-state index contributed by atoms with van der Waals surface area (Å²) in [6.07, 6.45) is 0. The second kappa shape index (κ2) is 37.7. The molecule has 8 nitrogen and oxygen atoms in total. The Hall–Kier alpha value is -9.17. The van der Waals surface area contributed by atoms with E-state index in [1.807, 2.05) is 110 Å². The van der Waals surface area contributed by atoms with Crippen molar-refractivity contribution in [3.8, 4) is 23.0 Å². The summed E-state index contributed by atoms with van der Waals surface area (Å²) in [4.78, 5) is 30.5. The van der Waals surface area contributed by atoms with Gasteiger partial charge in [-0.15, -0.1) is 12.1 Å². The van der Waals surface area contributed by atoms with Crippen LogP contribution in [-0.4, -0.2) is 38.1 Å². The molecule has 14 heteroatoms. The average molecular weight is 1770 g/mol. The smallest absolute Gasteiger partial charge is 0.0134 e. The zero-order valence-electron chi connectivity index (χ0n) is 62.2. The molecule has 0 saturated carbocycles. The minimum absolute atomic E-state index is 0. The molecule has 4 aliphatic rings. The van der Waals surface area contributed by atoms with Crippen LogP contribution in [0.1, 0.15) is 117 Å². The summed E-state index contributed by atoms with van der Waals surface area (Å²) in [5.41, 5.74) is 11.8. The first kappa shape index (κ1) is 81.8. The number of benzene rings is 13. The van der Waals surface area contributed by atoms with Crippen LogP contribution >= 0.6 is 61.1 Å². The van der Waals surface area contributed by atoms with E-state index in [1.165, 1.54) is 31.8 Å². The molecule has 110 heavy (non-hydrogen) atoms. The van der Waals surface area contributed by atoms with Crippen LogP contribution in [0.4, 0.5) is 11.4 Å². The fourth-order valence-corrected chi connectivity index (χ4v) is 20.2. The Kier molecular flexibility index (Phi) is 28.0. The Morgan fingerprint density at radius 3 is 0.973 bits per heavy atom. The van der Waals surface area contributed by atoms with Crippen LogP contribution in [0.15, 0.2) is 318 Å². The Morgan fingerprint density at radius 1 is 0.336 bits per heavy atom. The number of nitrogens with zero attached hydrogens (tertiary/aromatic N) is 2. The molecule has 17 rings (SSSR count). The van der Waals surface area contributed by atoms with Gasteiger partial charge in [0.25, 0.3) is 0 Å². The molecule has 0 radical (unpaired) electrons. The third-order valence-corrected chi connectivity index (χ3v) is 26.7. The van der Waals surface area contributed by atoms with Crippen molar-refractivity contribution in [1.29, 1.82) is 0 Å². The van der Waals surface area contributed by atoms with Crippen LogP contribution in [0, 0.1) is 34.6 Å². The van der Waals surface area contributed by atoms with Gasteiger partial charge in [-0.2, -0.15) is 24.6 Å². The molecular formula is C96H89Br3N2O6P2Pd. The summed E-state index contributed by atoms with van der Waals surface area (Å²) < 4.78 is 27.4. The molecule has 2 atom stereocenters. The SMILES string of the molecule is C.CCN(CC)c1ccc2c(c1Br)Oc1c(ccc(C)c1Br)C21OC(=O)c2ccccc21.CCN(CC)c1ccc2c(c1C)Oc1c(ccc(C)c1C)C21OC(=O)c2ccccc21.[Br][Pd+].[CH2-]c1ccccc1.c1ccc(P(c2ccccc2)c2ccccc2)cc1.c1ccc(P(c2ccccc2)c2ccccc2)cc1. The van der Waals surface area contributed by atoms with E-state index in [-0.39, 0.29) is 19.4 Å². The monoisotopic (exact) mass is 1770 g/mol. The predicted molar refractivity (Wildman–Crippen MR) is 468 cm³/mol. The van der Waals surface area contributed by atoms with E-state index in [9.17, 15) is 9.59 Å². The molecule has 0 saturated heterocycles. The van der Waals surface area contributed by atoms with Gasteiger partial charge in [0.1, 0.15) is 17.2 Å². The van der Waals surface area contributed by atoms with E-state index in [2.05, 4.69) is 334 Å². The number of fused-ring (bicyclic) bond motifs is 12. The third-order valence-electron chi connectivity index (χ3n) is 20.0. The summed E-state index contributed by atoms with van der Waals surface area (Å²) in [5.74, 6) is 2.31. The number of ether oxygens (including phenoxy) is 4. The van der Waals surface area contributed by atoms with Crippen molar-refractivity contribution < 1.29 is 45.7 Å². The van der Waals surface area contributed by atoms with E-state index in [4.69, 9.17) is 18.9 Å². The van der Waals surface area contributed by atoms with Gasteiger partial charge in [0, 0.05) is 70.8 Å².